The maximum atomic E-state index is 5.92. The van der Waals surface area contributed by atoms with Crippen molar-refractivity contribution >= 4 is 49.8 Å². The number of benzene rings is 1. The molecule has 0 aliphatic carbocycles. The topological polar surface area (TPSA) is 62.5 Å². The smallest absolute Gasteiger partial charge is 0.243 e. The fraction of sp³-hybridized carbons (Fsp3) is 0.250. The maximum Gasteiger partial charge on any atom is 0.243 e. The second kappa shape index (κ2) is 8.67. The van der Waals surface area contributed by atoms with Gasteiger partial charge in [-0.05, 0) is 43.3 Å². The first-order valence-electron chi connectivity index (χ1n) is 9.31. The largest absolute Gasteiger partial charge is 0.368 e. The van der Waals surface area contributed by atoms with Gasteiger partial charge in [-0.2, -0.15) is 0 Å². The molecule has 3 aromatic heterocycles. The molecule has 0 fully saturated rings. The van der Waals surface area contributed by atoms with Gasteiger partial charge in [-0.25, -0.2) is 19.1 Å². The quantitative estimate of drug-likeness (QED) is 0.239. The number of pyridine rings is 1. The Kier molecular flexibility index (Phi) is 5.82. The van der Waals surface area contributed by atoms with Gasteiger partial charge in [0.1, 0.15) is 34.4 Å². The van der Waals surface area contributed by atoms with Crippen LogP contribution < -0.4 is 9.47 Å². The second-order valence-corrected chi connectivity index (χ2v) is 7.91. The van der Waals surface area contributed by atoms with Gasteiger partial charge in [0.25, 0.3) is 0 Å². The lowest BCUT2D eigenvalue weighted by molar-refractivity contribution is -0.671. The van der Waals surface area contributed by atoms with E-state index in [0.29, 0.717) is 10.3 Å². The summed E-state index contributed by atoms with van der Waals surface area (Å²) in [7, 11) is 2.03. The van der Waals surface area contributed by atoms with E-state index >= 15 is 0 Å². The van der Waals surface area contributed by atoms with Gasteiger partial charge in [-0.3, -0.25) is 0 Å². The highest BCUT2D eigenvalue weighted by molar-refractivity contribution is 7.21. The van der Waals surface area contributed by atoms with Gasteiger partial charge in [-0.1, -0.05) is 22.9 Å². The standard InChI is InChI=1S/C20H21ClN7S/c1-3-28(13-12-27-11-10-26(2)14-27)16-6-4-15(5-7-16)24-25-20-22-17-8-9-18(21)23-19(17)29-20/h4-11,14H,3,12-13H2,1-2H3/q+1/b25-24+. The number of rotatable bonds is 7. The third-order valence-electron chi connectivity index (χ3n) is 4.51. The Morgan fingerprint density at radius 1 is 1.14 bits per heavy atom. The highest BCUT2D eigenvalue weighted by Crippen LogP contribution is 2.29. The van der Waals surface area contributed by atoms with Gasteiger partial charge in [0.05, 0.1) is 19.3 Å². The predicted octanol–water partition coefficient (Wildman–Crippen LogP) is 4.91. The van der Waals surface area contributed by atoms with Gasteiger partial charge in [0.15, 0.2) is 0 Å². The molecule has 0 amide bonds. The van der Waals surface area contributed by atoms with Crippen molar-refractivity contribution in [3.8, 4) is 0 Å². The van der Waals surface area contributed by atoms with Crippen LogP contribution in [0.5, 0.6) is 0 Å². The molecular weight excluding hydrogens is 406 g/mol. The van der Waals surface area contributed by atoms with E-state index in [1.54, 1.807) is 6.07 Å². The van der Waals surface area contributed by atoms with Crippen molar-refractivity contribution in [2.45, 2.75) is 13.5 Å². The van der Waals surface area contributed by atoms with Gasteiger partial charge in [0, 0.05) is 12.2 Å². The first-order chi connectivity index (χ1) is 14.1. The molecule has 29 heavy (non-hydrogen) atoms. The van der Waals surface area contributed by atoms with Crippen molar-refractivity contribution in [1.29, 1.82) is 0 Å². The Morgan fingerprint density at radius 2 is 1.97 bits per heavy atom. The first kappa shape index (κ1) is 19.5. The van der Waals surface area contributed by atoms with E-state index in [0.717, 1.165) is 35.7 Å². The van der Waals surface area contributed by atoms with Crippen LogP contribution in [-0.4, -0.2) is 27.6 Å². The number of likely N-dealkylation sites (N-methyl/N-ethyl adjacent to an activating group) is 1. The summed E-state index contributed by atoms with van der Waals surface area (Å²) in [5, 5.41) is 9.56. The van der Waals surface area contributed by atoms with E-state index in [1.165, 1.54) is 17.0 Å². The minimum atomic E-state index is 0.450. The Balaban J connectivity index is 1.42. The molecule has 9 heteroatoms. The normalized spacial score (nSPS) is 11.6. The zero-order valence-corrected chi connectivity index (χ0v) is 17.8. The molecule has 0 aliphatic rings. The zero-order valence-electron chi connectivity index (χ0n) is 16.2. The van der Waals surface area contributed by atoms with Crippen molar-refractivity contribution < 1.29 is 4.57 Å². The molecular formula is C20H21ClN7S+. The number of hydrogen-bond acceptors (Lipinski definition) is 6. The lowest BCUT2D eigenvalue weighted by Crippen LogP contribution is -2.28. The summed E-state index contributed by atoms with van der Waals surface area (Å²) in [5.74, 6) is 0. The molecule has 4 rings (SSSR count). The number of hydrogen-bond donors (Lipinski definition) is 0. The Morgan fingerprint density at radius 3 is 2.69 bits per heavy atom. The summed E-state index contributed by atoms with van der Waals surface area (Å²) >= 11 is 7.29. The lowest BCUT2D eigenvalue weighted by atomic mass is 10.2. The molecule has 7 nitrogen and oxygen atoms in total. The zero-order chi connectivity index (χ0) is 20.2. The van der Waals surface area contributed by atoms with Crippen LogP contribution in [0.15, 0.2) is 65.3 Å². The molecule has 0 radical (unpaired) electrons. The number of anilines is 1. The minimum absolute atomic E-state index is 0.450. The third-order valence-corrected chi connectivity index (χ3v) is 5.57. The fourth-order valence-electron chi connectivity index (χ4n) is 3.00. The van der Waals surface area contributed by atoms with E-state index < -0.39 is 0 Å². The highest BCUT2D eigenvalue weighted by atomic mass is 35.5. The molecule has 4 aromatic rings. The van der Waals surface area contributed by atoms with Gasteiger partial charge in [0.2, 0.25) is 11.5 Å². The van der Waals surface area contributed by atoms with Crippen LogP contribution in [0.3, 0.4) is 0 Å². The summed E-state index contributed by atoms with van der Waals surface area (Å²) in [6.45, 7) is 4.98. The SMILES string of the molecule is CCN(CCn1cc[n+](C)c1)c1ccc(/N=N/c2nc3ccc(Cl)nc3s2)cc1. The number of fused-ring (bicyclic) bond motifs is 1. The number of aryl methyl sites for hydroxylation is 1. The lowest BCUT2D eigenvalue weighted by Gasteiger charge is -2.22. The monoisotopic (exact) mass is 426 g/mol. The number of thiazole rings is 1. The average Bonchev–Trinajstić information content (AvgIpc) is 3.33. The van der Waals surface area contributed by atoms with Crippen LogP contribution in [0, 0.1) is 0 Å². The highest BCUT2D eigenvalue weighted by Gasteiger charge is 2.08. The molecule has 0 bridgehead atoms. The van der Waals surface area contributed by atoms with Crippen LogP contribution in [0.25, 0.3) is 10.3 Å². The second-order valence-electron chi connectivity index (χ2n) is 6.57. The Bertz CT molecular complexity index is 1130. The summed E-state index contributed by atoms with van der Waals surface area (Å²) in [4.78, 5) is 11.7. The van der Waals surface area contributed by atoms with Gasteiger partial charge in [-0.15, -0.1) is 10.2 Å². The maximum absolute atomic E-state index is 5.92. The number of halogens is 1. The number of nitrogens with zero attached hydrogens (tertiary/aromatic N) is 7. The van der Waals surface area contributed by atoms with E-state index in [1.807, 2.05) is 36.0 Å². The summed E-state index contributed by atoms with van der Waals surface area (Å²) in [5.41, 5.74) is 2.73. The first-order valence-corrected chi connectivity index (χ1v) is 10.5. The van der Waals surface area contributed by atoms with E-state index in [2.05, 4.69) is 61.2 Å². The molecule has 0 aliphatic heterocycles. The molecule has 0 atom stereocenters. The molecule has 0 unspecified atom stereocenters. The van der Waals surface area contributed by atoms with E-state index in [-0.39, 0.29) is 0 Å². The van der Waals surface area contributed by atoms with Crippen molar-refractivity contribution in [2.75, 3.05) is 18.0 Å². The molecule has 3 heterocycles. The van der Waals surface area contributed by atoms with E-state index in [9.17, 15) is 0 Å². The predicted molar refractivity (Wildman–Crippen MR) is 117 cm³/mol. The molecule has 148 valence electrons. The van der Waals surface area contributed by atoms with Crippen molar-refractivity contribution in [1.82, 2.24) is 14.5 Å². The van der Waals surface area contributed by atoms with Gasteiger partial charge < -0.3 is 4.90 Å². The fourth-order valence-corrected chi connectivity index (χ4v) is 3.95. The average molecular weight is 427 g/mol. The third kappa shape index (κ3) is 4.78. The summed E-state index contributed by atoms with van der Waals surface area (Å²) < 4.78 is 4.23. The summed E-state index contributed by atoms with van der Waals surface area (Å²) in [6, 6.07) is 11.7. The molecule has 0 saturated heterocycles. The van der Waals surface area contributed by atoms with Crippen LogP contribution in [-0.2, 0) is 13.6 Å². The van der Waals surface area contributed by atoms with Crippen molar-refractivity contribution in [3.05, 3.63) is 60.3 Å². The molecule has 0 spiro atoms. The number of azo groups is 1. The van der Waals surface area contributed by atoms with Gasteiger partial charge >= 0.3 is 0 Å². The minimum Gasteiger partial charge on any atom is -0.368 e. The Hall–Kier alpha value is -2.84. The number of imidazole rings is 1. The molecule has 1 aromatic carbocycles. The van der Waals surface area contributed by atoms with Crippen LogP contribution in [0.2, 0.25) is 5.15 Å². The molecule has 0 saturated carbocycles. The van der Waals surface area contributed by atoms with Crippen LogP contribution in [0.1, 0.15) is 6.92 Å². The van der Waals surface area contributed by atoms with E-state index in [4.69, 9.17) is 11.6 Å². The van der Waals surface area contributed by atoms with Crippen molar-refractivity contribution in [3.63, 3.8) is 0 Å². The number of aromatic nitrogens is 4. The van der Waals surface area contributed by atoms with Crippen LogP contribution >= 0.6 is 22.9 Å². The molecule has 0 N–H and O–H groups in total. The van der Waals surface area contributed by atoms with Crippen molar-refractivity contribution in [2.24, 2.45) is 17.3 Å². The Labute approximate surface area is 177 Å². The van der Waals surface area contributed by atoms with Crippen LogP contribution in [0.4, 0.5) is 16.5 Å². The summed E-state index contributed by atoms with van der Waals surface area (Å²) in [6.07, 6.45) is 6.22.